The summed E-state index contributed by atoms with van der Waals surface area (Å²) in [5.41, 5.74) is 2.51. The molecule has 1 N–H and O–H groups in total. The molecule has 0 saturated carbocycles. The summed E-state index contributed by atoms with van der Waals surface area (Å²) in [6, 6.07) is 11.5. The molecule has 0 fully saturated rings. The fourth-order valence-corrected chi connectivity index (χ4v) is 3.19. The molecule has 0 radical (unpaired) electrons. The molecular formula is C19H23N3. The van der Waals surface area contributed by atoms with E-state index in [2.05, 4.69) is 63.9 Å². The van der Waals surface area contributed by atoms with Crippen LogP contribution in [0.3, 0.4) is 0 Å². The van der Waals surface area contributed by atoms with E-state index in [1.807, 2.05) is 19.2 Å². The standard InChI is InChI=1S/C19H23N3/c1-3-8-18-11-7-12-19(16-9-5-4-6-10-16)22(18)14-17-13-20-15(2)21-17/h3-7,9-10,12-13,18-19H,1,8,11,14H2,2H3,(H,20,21)/t18-,19+/m1/s1. The fraction of sp³-hybridized carbons (Fsp3) is 0.316. The normalized spacial score (nSPS) is 21.9. The van der Waals surface area contributed by atoms with Crippen molar-refractivity contribution in [2.75, 3.05) is 0 Å². The van der Waals surface area contributed by atoms with E-state index < -0.39 is 0 Å². The van der Waals surface area contributed by atoms with Gasteiger partial charge in [-0.3, -0.25) is 4.90 Å². The van der Waals surface area contributed by atoms with E-state index in [0.717, 1.165) is 25.2 Å². The molecule has 2 aromatic rings. The van der Waals surface area contributed by atoms with Gasteiger partial charge in [0.05, 0.1) is 6.04 Å². The van der Waals surface area contributed by atoms with Gasteiger partial charge in [-0.25, -0.2) is 4.98 Å². The van der Waals surface area contributed by atoms with Crippen molar-refractivity contribution < 1.29 is 0 Å². The van der Waals surface area contributed by atoms with Crippen molar-refractivity contribution in [2.24, 2.45) is 0 Å². The number of aryl methyl sites for hydroxylation is 1. The molecule has 3 nitrogen and oxygen atoms in total. The minimum atomic E-state index is 0.309. The highest BCUT2D eigenvalue weighted by Crippen LogP contribution is 2.32. The van der Waals surface area contributed by atoms with Crippen LogP contribution in [0.2, 0.25) is 0 Å². The molecule has 2 heterocycles. The van der Waals surface area contributed by atoms with Crippen LogP contribution in [0.25, 0.3) is 0 Å². The van der Waals surface area contributed by atoms with Crippen LogP contribution in [-0.4, -0.2) is 20.9 Å². The summed E-state index contributed by atoms with van der Waals surface area (Å²) in [7, 11) is 0. The maximum absolute atomic E-state index is 4.33. The van der Waals surface area contributed by atoms with E-state index in [4.69, 9.17) is 0 Å². The minimum Gasteiger partial charge on any atom is -0.345 e. The highest BCUT2D eigenvalue weighted by molar-refractivity contribution is 5.25. The van der Waals surface area contributed by atoms with E-state index in [1.54, 1.807) is 0 Å². The first kappa shape index (κ1) is 14.8. The molecule has 0 bridgehead atoms. The smallest absolute Gasteiger partial charge is 0.103 e. The van der Waals surface area contributed by atoms with Gasteiger partial charge in [0.1, 0.15) is 5.82 Å². The first-order valence-corrected chi connectivity index (χ1v) is 7.86. The molecule has 3 rings (SSSR count). The second-order valence-corrected chi connectivity index (χ2v) is 5.86. The second-order valence-electron chi connectivity index (χ2n) is 5.86. The van der Waals surface area contributed by atoms with Crippen LogP contribution < -0.4 is 0 Å². The van der Waals surface area contributed by atoms with E-state index in [-0.39, 0.29) is 0 Å². The Morgan fingerprint density at radius 3 is 2.86 bits per heavy atom. The molecule has 1 aliphatic rings. The molecule has 0 aliphatic carbocycles. The van der Waals surface area contributed by atoms with Gasteiger partial charge in [0, 0.05) is 24.5 Å². The largest absolute Gasteiger partial charge is 0.345 e. The average molecular weight is 293 g/mol. The fourth-order valence-electron chi connectivity index (χ4n) is 3.19. The average Bonchev–Trinajstić information content (AvgIpc) is 2.95. The molecule has 1 aliphatic heterocycles. The van der Waals surface area contributed by atoms with Crippen LogP contribution in [0.15, 0.2) is 61.3 Å². The Labute approximate surface area is 132 Å². The lowest BCUT2D eigenvalue weighted by molar-refractivity contribution is 0.140. The third kappa shape index (κ3) is 3.20. The van der Waals surface area contributed by atoms with Gasteiger partial charge in [0.15, 0.2) is 0 Å². The van der Waals surface area contributed by atoms with Crippen molar-refractivity contribution >= 4 is 0 Å². The zero-order valence-electron chi connectivity index (χ0n) is 13.1. The SMILES string of the molecule is C=CC[C@@H]1CC=C[C@@H](c2ccccc2)N1Cc1cnc(C)[nH]1. The zero-order chi connectivity index (χ0) is 15.4. The highest BCUT2D eigenvalue weighted by atomic mass is 15.2. The summed E-state index contributed by atoms with van der Waals surface area (Å²) in [5.74, 6) is 0.971. The molecule has 0 spiro atoms. The van der Waals surface area contributed by atoms with Crippen molar-refractivity contribution in [2.45, 2.75) is 38.4 Å². The molecule has 3 heteroatoms. The number of hydrogen-bond donors (Lipinski definition) is 1. The first-order valence-electron chi connectivity index (χ1n) is 7.86. The van der Waals surface area contributed by atoms with Crippen LogP contribution >= 0.6 is 0 Å². The maximum Gasteiger partial charge on any atom is 0.103 e. The third-order valence-corrected chi connectivity index (χ3v) is 4.24. The zero-order valence-corrected chi connectivity index (χ0v) is 13.1. The summed E-state index contributed by atoms with van der Waals surface area (Å²) in [6.45, 7) is 6.80. The maximum atomic E-state index is 4.33. The van der Waals surface area contributed by atoms with E-state index >= 15 is 0 Å². The number of imidazole rings is 1. The molecule has 114 valence electrons. The molecule has 2 atom stereocenters. The number of nitrogens with one attached hydrogen (secondary N) is 1. The number of rotatable bonds is 5. The number of hydrogen-bond acceptors (Lipinski definition) is 2. The van der Waals surface area contributed by atoms with Crippen LogP contribution in [0.4, 0.5) is 0 Å². The second kappa shape index (κ2) is 6.75. The summed E-state index contributed by atoms with van der Waals surface area (Å²) in [6.07, 6.45) is 10.7. The minimum absolute atomic E-state index is 0.309. The van der Waals surface area contributed by atoms with Gasteiger partial charge < -0.3 is 4.98 Å². The highest BCUT2D eigenvalue weighted by Gasteiger charge is 2.28. The third-order valence-electron chi connectivity index (χ3n) is 4.24. The Morgan fingerprint density at radius 2 is 2.18 bits per heavy atom. The van der Waals surface area contributed by atoms with Crippen LogP contribution in [-0.2, 0) is 6.54 Å². The summed E-state index contributed by atoms with van der Waals surface area (Å²) in [5, 5.41) is 0. The van der Waals surface area contributed by atoms with Gasteiger partial charge in [-0.15, -0.1) is 6.58 Å². The first-order chi connectivity index (χ1) is 10.8. The van der Waals surface area contributed by atoms with Gasteiger partial charge in [0.2, 0.25) is 0 Å². The van der Waals surface area contributed by atoms with E-state index in [1.165, 1.54) is 11.3 Å². The van der Waals surface area contributed by atoms with Gasteiger partial charge in [-0.2, -0.15) is 0 Å². The topological polar surface area (TPSA) is 31.9 Å². The van der Waals surface area contributed by atoms with Crippen LogP contribution in [0.1, 0.15) is 36.0 Å². The van der Waals surface area contributed by atoms with E-state index in [0.29, 0.717) is 12.1 Å². The van der Waals surface area contributed by atoms with Gasteiger partial charge in [0.25, 0.3) is 0 Å². The Bertz CT molecular complexity index is 642. The molecule has 0 saturated heterocycles. The summed E-state index contributed by atoms with van der Waals surface area (Å²) >= 11 is 0. The van der Waals surface area contributed by atoms with Gasteiger partial charge >= 0.3 is 0 Å². The Morgan fingerprint density at radius 1 is 1.36 bits per heavy atom. The molecule has 1 aromatic heterocycles. The lowest BCUT2D eigenvalue weighted by atomic mass is 9.94. The van der Waals surface area contributed by atoms with Gasteiger partial charge in [-0.1, -0.05) is 48.6 Å². The Hall–Kier alpha value is -2.13. The number of benzene rings is 1. The van der Waals surface area contributed by atoms with Crippen molar-refractivity contribution in [1.29, 1.82) is 0 Å². The van der Waals surface area contributed by atoms with Crippen molar-refractivity contribution in [3.05, 3.63) is 78.4 Å². The number of aromatic nitrogens is 2. The number of H-pyrrole nitrogens is 1. The molecular weight excluding hydrogens is 270 g/mol. The predicted molar refractivity (Wildman–Crippen MR) is 90.4 cm³/mol. The summed E-state index contributed by atoms with van der Waals surface area (Å²) in [4.78, 5) is 10.2. The van der Waals surface area contributed by atoms with Crippen LogP contribution in [0.5, 0.6) is 0 Å². The Kier molecular flexibility index (Phi) is 4.54. The molecule has 1 aromatic carbocycles. The molecule has 0 amide bonds. The lowest BCUT2D eigenvalue weighted by Gasteiger charge is -2.39. The van der Waals surface area contributed by atoms with Crippen LogP contribution in [0, 0.1) is 6.92 Å². The number of aromatic amines is 1. The van der Waals surface area contributed by atoms with Crippen molar-refractivity contribution in [3.63, 3.8) is 0 Å². The summed E-state index contributed by atoms with van der Waals surface area (Å²) < 4.78 is 0. The predicted octanol–water partition coefficient (Wildman–Crippen LogP) is 4.17. The number of nitrogens with zero attached hydrogens (tertiary/aromatic N) is 2. The van der Waals surface area contributed by atoms with Crippen molar-refractivity contribution in [1.82, 2.24) is 14.9 Å². The molecule has 22 heavy (non-hydrogen) atoms. The monoisotopic (exact) mass is 293 g/mol. The molecule has 0 unspecified atom stereocenters. The quantitative estimate of drug-likeness (QED) is 0.839. The Balaban J connectivity index is 1.89. The van der Waals surface area contributed by atoms with Gasteiger partial charge in [-0.05, 0) is 25.3 Å². The lowest BCUT2D eigenvalue weighted by Crippen LogP contribution is -2.39. The van der Waals surface area contributed by atoms with Crippen molar-refractivity contribution in [3.8, 4) is 0 Å². The van der Waals surface area contributed by atoms with E-state index in [9.17, 15) is 0 Å².